The van der Waals surface area contributed by atoms with Gasteiger partial charge in [-0.15, -0.1) is 0 Å². The van der Waals surface area contributed by atoms with Crippen molar-refractivity contribution in [2.24, 2.45) is 0 Å². The summed E-state index contributed by atoms with van der Waals surface area (Å²) >= 11 is 0. The second-order valence-electron chi connectivity index (χ2n) is 7.58. The minimum Gasteiger partial charge on any atom is -0.497 e. The summed E-state index contributed by atoms with van der Waals surface area (Å²) in [7, 11) is 3.33. The molecule has 0 saturated carbocycles. The molecule has 0 aliphatic carbocycles. The molecule has 3 rings (SSSR count). The van der Waals surface area contributed by atoms with Gasteiger partial charge in [0.15, 0.2) is 0 Å². The zero-order valence-corrected chi connectivity index (χ0v) is 18.0. The monoisotopic (exact) mass is 396 g/mol. The fourth-order valence-corrected chi connectivity index (χ4v) is 4.08. The zero-order valence-electron chi connectivity index (χ0n) is 18.0. The van der Waals surface area contributed by atoms with Crippen LogP contribution in [0.2, 0.25) is 0 Å². The molecule has 1 fully saturated rings. The highest BCUT2D eigenvalue weighted by molar-refractivity contribution is 5.79. The quantitative estimate of drug-likeness (QED) is 0.671. The number of nitrogens with zero attached hydrogens (tertiary/aromatic N) is 2. The molecule has 2 aromatic rings. The minimum absolute atomic E-state index is 0.0321. The predicted octanol–water partition coefficient (Wildman–Crippen LogP) is 4.20. The lowest BCUT2D eigenvalue weighted by atomic mass is 10.0. The van der Waals surface area contributed by atoms with E-state index in [1.807, 2.05) is 23.1 Å². The Labute approximate surface area is 174 Å². The van der Waals surface area contributed by atoms with Crippen molar-refractivity contribution in [3.63, 3.8) is 0 Å². The Kier molecular flexibility index (Phi) is 7.15. The Morgan fingerprint density at radius 3 is 2.66 bits per heavy atom. The molecular weight excluding hydrogens is 364 g/mol. The van der Waals surface area contributed by atoms with Gasteiger partial charge in [0.25, 0.3) is 0 Å². The molecule has 1 atom stereocenters. The third-order valence-electron chi connectivity index (χ3n) is 5.83. The topological polar surface area (TPSA) is 42.0 Å². The van der Waals surface area contributed by atoms with Crippen molar-refractivity contribution in [2.75, 3.05) is 33.9 Å². The minimum atomic E-state index is 0.0321. The summed E-state index contributed by atoms with van der Waals surface area (Å²) in [6.45, 7) is 7.06. The van der Waals surface area contributed by atoms with E-state index in [0.717, 1.165) is 49.5 Å². The molecule has 0 aromatic heterocycles. The van der Waals surface area contributed by atoms with E-state index in [2.05, 4.69) is 43.0 Å². The number of hydrogen-bond donors (Lipinski definition) is 0. The van der Waals surface area contributed by atoms with Crippen LogP contribution in [0.4, 0.5) is 0 Å². The van der Waals surface area contributed by atoms with Crippen LogP contribution < -0.4 is 9.47 Å². The smallest absolute Gasteiger partial charge is 0.237 e. The van der Waals surface area contributed by atoms with Crippen molar-refractivity contribution in [2.45, 2.75) is 39.3 Å². The predicted molar refractivity (Wildman–Crippen MR) is 115 cm³/mol. The van der Waals surface area contributed by atoms with Crippen molar-refractivity contribution >= 4 is 5.91 Å². The first-order valence-electron chi connectivity index (χ1n) is 10.4. The number of likely N-dealkylation sites (N-methyl/N-ethyl adjacent to an activating group) is 1. The summed E-state index contributed by atoms with van der Waals surface area (Å²) in [6.07, 6.45) is 1.94. The molecule has 0 bridgehead atoms. The molecule has 156 valence electrons. The molecule has 29 heavy (non-hydrogen) atoms. The van der Waals surface area contributed by atoms with Crippen molar-refractivity contribution in [3.05, 3.63) is 59.2 Å². The van der Waals surface area contributed by atoms with Crippen LogP contribution in [0.25, 0.3) is 0 Å². The summed E-state index contributed by atoms with van der Waals surface area (Å²) in [5, 5.41) is 0. The molecule has 5 heteroatoms. The molecule has 1 heterocycles. The van der Waals surface area contributed by atoms with Crippen molar-refractivity contribution in [1.29, 1.82) is 0 Å². The standard InChI is InChI=1S/C24H32N2O3/c1-5-25(16-19-10-7-6-9-18(19)2)17-24(27)26-14-8-11-22(26)21-15-20(28-3)12-13-23(21)29-4/h6-7,9-10,12-13,15,22H,5,8,11,14,16-17H2,1-4H3. The number of rotatable bonds is 8. The highest BCUT2D eigenvalue weighted by Crippen LogP contribution is 2.39. The maximum Gasteiger partial charge on any atom is 0.237 e. The molecule has 0 radical (unpaired) electrons. The third kappa shape index (κ3) is 4.91. The first-order chi connectivity index (χ1) is 14.1. The first-order valence-corrected chi connectivity index (χ1v) is 10.4. The molecule has 1 saturated heterocycles. The van der Waals surface area contributed by atoms with Crippen molar-refractivity contribution in [1.82, 2.24) is 9.80 Å². The van der Waals surface area contributed by atoms with Crippen LogP contribution in [-0.2, 0) is 11.3 Å². The van der Waals surface area contributed by atoms with E-state index in [1.54, 1.807) is 14.2 Å². The fourth-order valence-electron chi connectivity index (χ4n) is 4.08. The van der Waals surface area contributed by atoms with Crippen LogP contribution >= 0.6 is 0 Å². The lowest BCUT2D eigenvalue weighted by Crippen LogP contribution is -2.40. The van der Waals surface area contributed by atoms with E-state index >= 15 is 0 Å². The largest absolute Gasteiger partial charge is 0.497 e. The van der Waals surface area contributed by atoms with Crippen LogP contribution in [0.3, 0.4) is 0 Å². The highest BCUT2D eigenvalue weighted by Gasteiger charge is 2.32. The zero-order chi connectivity index (χ0) is 20.8. The van der Waals surface area contributed by atoms with Gasteiger partial charge >= 0.3 is 0 Å². The maximum absolute atomic E-state index is 13.2. The Balaban J connectivity index is 1.75. The molecule has 0 N–H and O–H groups in total. The number of carbonyl (C=O) groups is 1. The number of methoxy groups -OCH3 is 2. The lowest BCUT2D eigenvalue weighted by molar-refractivity contribution is -0.133. The van der Waals surface area contributed by atoms with Gasteiger partial charge in [0, 0.05) is 18.7 Å². The molecule has 5 nitrogen and oxygen atoms in total. The SMILES string of the molecule is CCN(CC(=O)N1CCCC1c1cc(OC)ccc1OC)Cc1ccccc1C. The van der Waals surface area contributed by atoms with Crippen LogP contribution in [0.1, 0.15) is 42.5 Å². The Morgan fingerprint density at radius 1 is 1.17 bits per heavy atom. The normalized spacial score (nSPS) is 16.3. The van der Waals surface area contributed by atoms with E-state index in [4.69, 9.17) is 9.47 Å². The Hall–Kier alpha value is -2.53. The van der Waals surface area contributed by atoms with Crippen LogP contribution in [0.15, 0.2) is 42.5 Å². The lowest BCUT2D eigenvalue weighted by Gasteiger charge is -2.29. The highest BCUT2D eigenvalue weighted by atomic mass is 16.5. The second kappa shape index (κ2) is 9.79. The fraction of sp³-hybridized carbons (Fsp3) is 0.458. The maximum atomic E-state index is 13.2. The Bertz CT molecular complexity index is 837. The molecule has 1 aliphatic heterocycles. The van der Waals surface area contributed by atoms with Gasteiger partial charge in [-0.3, -0.25) is 9.69 Å². The molecular formula is C24H32N2O3. The van der Waals surface area contributed by atoms with E-state index in [0.29, 0.717) is 6.54 Å². The van der Waals surface area contributed by atoms with Crippen LogP contribution in [-0.4, -0.2) is 49.6 Å². The molecule has 1 unspecified atom stereocenters. The van der Waals surface area contributed by atoms with Crippen molar-refractivity contribution < 1.29 is 14.3 Å². The molecule has 1 aliphatic rings. The Morgan fingerprint density at radius 2 is 1.97 bits per heavy atom. The van der Waals surface area contributed by atoms with E-state index < -0.39 is 0 Å². The van der Waals surface area contributed by atoms with Crippen LogP contribution in [0, 0.1) is 6.92 Å². The van der Waals surface area contributed by atoms with Crippen LogP contribution in [0.5, 0.6) is 11.5 Å². The van der Waals surface area contributed by atoms with Gasteiger partial charge < -0.3 is 14.4 Å². The summed E-state index contributed by atoms with van der Waals surface area (Å²) in [4.78, 5) is 17.5. The van der Waals surface area contributed by atoms with Crippen molar-refractivity contribution in [3.8, 4) is 11.5 Å². The van der Waals surface area contributed by atoms with Gasteiger partial charge in [0.1, 0.15) is 11.5 Å². The summed E-state index contributed by atoms with van der Waals surface area (Å²) < 4.78 is 11.0. The average molecular weight is 397 g/mol. The molecule has 1 amide bonds. The molecule has 2 aromatic carbocycles. The van der Waals surface area contributed by atoms with Gasteiger partial charge in [0.05, 0.1) is 26.8 Å². The number of ether oxygens (including phenoxy) is 2. The third-order valence-corrected chi connectivity index (χ3v) is 5.83. The van der Waals surface area contributed by atoms with Gasteiger partial charge in [-0.1, -0.05) is 31.2 Å². The average Bonchev–Trinajstić information content (AvgIpc) is 3.24. The number of hydrogen-bond acceptors (Lipinski definition) is 4. The number of aryl methyl sites for hydroxylation is 1. The molecule has 0 spiro atoms. The van der Waals surface area contributed by atoms with Gasteiger partial charge in [-0.05, 0) is 55.6 Å². The number of amides is 1. The van der Waals surface area contributed by atoms with E-state index in [9.17, 15) is 4.79 Å². The number of benzene rings is 2. The van der Waals surface area contributed by atoms with E-state index in [1.165, 1.54) is 11.1 Å². The van der Waals surface area contributed by atoms with Gasteiger partial charge in [-0.2, -0.15) is 0 Å². The second-order valence-corrected chi connectivity index (χ2v) is 7.58. The number of likely N-dealkylation sites (tertiary alicyclic amines) is 1. The first kappa shape index (κ1) is 21.2. The van der Waals surface area contributed by atoms with E-state index in [-0.39, 0.29) is 11.9 Å². The summed E-state index contributed by atoms with van der Waals surface area (Å²) in [6, 6.07) is 14.2. The number of carbonyl (C=O) groups excluding carboxylic acids is 1. The summed E-state index contributed by atoms with van der Waals surface area (Å²) in [5.74, 6) is 1.77. The summed E-state index contributed by atoms with van der Waals surface area (Å²) in [5.41, 5.74) is 3.56. The van der Waals surface area contributed by atoms with Gasteiger partial charge in [-0.25, -0.2) is 0 Å². The van der Waals surface area contributed by atoms with Gasteiger partial charge in [0.2, 0.25) is 5.91 Å².